The van der Waals surface area contributed by atoms with Gasteiger partial charge < -0.3 is 13.6 Å². The van der Waals surface area contributed by atoms with Crippen molar-refractivity contribution in [3.8, 4) is 0 Å². The molecule has 1 aliphatic rings. The van der Waals surface area contributed by atoms with Gasteiger partial charge >= 0.3 is 14.7 Å². The lowest BCUT2D eigenvalue weighted by Gasteiger charge is -2.48. The number of nitrogens with zero attached hydrogens (tertiary/aromatic N) is 1. The fourth-order valence-corrected chi connectivity index (χ4v) is 8.39. The Kier molecular flexibility index (Phi) is 8.62. The van der Waals surface area contributed by atoms with Gasteiger partial charge in [0.05, 0.1) is 18.8 Å². The highest BCUT2D eigenvalue weighted by atomic mass is 28.4. The molecule has 0 bridgehead atoms. The molecule has 1 aliphatic heterocycles. The quantitative estimate of drug-likeness (QED) is 0.325. The molecular formula is C29H41NO4Si. The average molecular weight is 496 g/mol. The molecule has 0 spiro atoms. The van der Waals surface area contributed by atoms with Crippen LogP contribution in [-0.4, -0.2) is 44.4 Å². The third-order valence-electron chi connectivity index (χ3n) is 6.21. The Balaban J connectivity index is 2.09. The first-order chi connectivity index (χ1) is 16.5. The van der Waals surface area contributed by atoms with Gasteiger partial charge in [0.2, 0.25) is 0 Å². The molecule has 6 heteroatoms. The minimum Gasteiger partial charge on any atom is -0.444 e. The molecule has 3 atom stereocenters. The van der Waals surface area contributed by atoms with Crippen molar-refractivity contribution in [1.29, 1.82) is 0 Å². The van der Waals surface area contributed by atoms with E-state index in [1.54, 1.807) is 6.08 Å². The summed E-state index contributed by atoms with van der Waals surface area (Å²) in [5.41, 5.74) is 0.462. The van der Waals surface area contributed by atoms with Crippen molar-refractivity contribution < 1.29 is 18.4 Å². The Hall–Kier alpha value is -2.41. The predicted molar refractivity (Wildman–Crippen MR) is 144 cm³/mol. The van der Waals surface area contributed by atoms with Crippen molar-refractivity contribution in [2.75, 3.05) is 13.2 Å². The van der Waals surface area contributed by atoms with Gasteiger partial charge in [-0.3, -0.25) is 4.90 Å². The van der Waals surface area contributed by atoms with E-state index in [-0.39, 0.29) is 23.3 Å². The number of hydrogen-bond donors (Lipinski definition) is 0. The van der Waals surface area contributed by atoms with Crippen molar-refractivity contribution in [3.05, 3.63) is 78.9 Å². The Morgan fingerprint density at radius 1 is 1.03 bits per heavy atom. The molecule has 1 amide bonds. The number of rotatable bonds is 7. The summed E-state index contributed by atoms with van der Waals surface area (Å²) in [5, 5.41) is 0.808. The minimum atomic E-state index is -3.02. The lowest BCUT2D eigenvalue weighted by molar-refractivity contribution is -0.0274. The molecule has 1 saturated heterocycles. The molecule has 0 aromatic heterocycles. The first kappa shape index (κ1) is 27.2. The fraction of sp³-hybridized carbons (Fsp3) is 0.483. The van der Waals surface area contributed by atoms with Crippen LogP contribution in [0.2, 0.25) is 5.04 Å². The molecule has 5 nitrogen and oxygen atoms in total. The molecular weight excluding hydrogens is 454 g/mol. The third kappa shape index (κ3) is 6.43. The van der Waals surface area contributed by atoms with E-state index in [0.29, 0.717) is 13.2 Å². The smallest absolute Gasteiger partial charge is 0.410 e. The van der Waals surface area contributed by atoms with Crippen molar-refractivity contribution in [3.63, 3.8) is 0 Å². The number of amides is 1. The van der Waals surface area contributed by atoms with Crippen molar-refractivity contribution in [2.45, 2.75) is 77.2 Å². The zero-order chi connectivity index (χ0) is 25.7. The normalized spacial score (nSPS) is 20.7. The van der Waals surface area contributed by atoms with Crippen LogP contribution >= 0.6 is 0 Å². The van der Waals surface area contributed by atoms with E-state index >= 15 is 0 Å². The van der Waals surface area contributed by atoms with Crippen LogP contribution in [0.3, 0.4) is 0 Å². The molecule has 35 heavy (non-hydrogen) atoms. The molecule has 0 saturated carbocycles. The molecule has 190 valence electrons. The van der Waals surface area contributed by atoms with Crippen LogP contribution in [0.4, 0.5) is 4.79 Å². The van der Waals surface area contributed by atoms with E-state index in [2.05, 4.69) is 51.6 Å². The van der Waals surface area contributed by atoms with Crippen molar-refractivity contribution in [1.82, 2.24) is 4.90 Å². The van der Waals surface area contributed by atoms with Gasteiger partial charge in [-0.2, -0.15) is 0 Å². The maximum atomic E-state index is 13.4. The van der Waals surface area contributed by atoms with Crippen LogP contribution in [0.5, 0.6) is 0 Å². The number of benzene rings is 2. The van der Waals surface area contributed by atoms with Crippen LogP contribution in [-0.2, 0) is 13.6 Å². The van der Waals surface area contributed by atoms with E-state index in [1.807, 2.05) is 62.1 Å². The highest BCUT2D eigenvalue weighted by molar-refractivity contribution is 6.83. The largest absolute Gasteiger partial charge is 0.444 e. The van der Waals surface area contributed by atoms with Crippen LogP contribution in [0.1, 0.15) is 66.0 Å². The van der Waals surface area contributed by atoms with Gasteiger partial charge in [0, 0.05) is 11.6 Å². The van der Waals surface area contributed by atoms with E-state index in [4.69, 9.17) is 13.6 Å². The first-order valence-corrected chi connectivity index (χ1v) is 14.3. The zero-order valence-corrected chi connectivity index (χ0v) is 23.1. The first-order valence-electron chi connectivity index (χ1n) is 12.5. The average Bonchev–Trinajstić information content (AvgIpc) is 2.81. The van der Waals surface area contributed by atoms with Gasteiger partial charge in [-0.1, -0.05) is 87.5 Å². The highest BCUT2D eigenvalue weighted by Crippen LogP contribution is 2.43. The van der Waals surface area contributed by atoms with Gasteiger partial charge in [-0.05, 0) is 44.4 Å². The summed E-state index contributed by atoms with van der Waals surface area (Å²) < 4.78 is 19.7. The highest BCUT2D eigenvalue weighted by Gasteiger charge is 2.54. The molecule has 0 N–H and O–H groups in total. The standard InChI is InChI=1S/C29H41NO4Si/c1-8-22-32-35(29(5,6)7,24-18-13-10-14-19-24)34-25-20-15-21-30(27(31)33-28(2,3)4)26(25)23-16-11-9-12-17-23/h8-14,16-19,25-26H,1,15,20-22H2,2-7H3/t25-,26-,35?/m0/s1. The molecule has 1 heterocycles. The fourth-order valence-electron chi connectivity index (χ4n) is 4.71. The predicted octanol–water partition coefficient (Wildman–Crippen LogP) is 6.50. The minimum absolute atomic E-state index is 0.241. The van der Waals surface area contributed by atoms with E-state index < -0.39 is 14.2 Å². The Morgan fingerprint density at radius 3 is 2.17 bits per heavy atom. The Morgan fingerprint density at radius 2 is 1.63 bits per heavy atom. The van der Waals surface area contributed by atoms with Crippen LogP contribution in [0.25, 0.3) is 0 Å². The third-order valence-corrected chi connectivity index (χ3v) is 10.5. The number of carbonyl (C=O) groups is 1. The Bertz CT molecular complexity index is 968. The summed E-state index contributed by atoms with van der Waals surface area (Å²) in [6.07, 6.45) is 2.89. The second-order valence-corrected chi connectivity index (χ2v) is 15.0. The lowest BCUT2D eigenvalue weighted by Crippen LogP contribution is -2.63. The summed E-state index contributed by atoms with van der Waals surface area (Å²) in [4.78, 5) is 15.2. The second kappa shape index (κ2) is 11.1. The van der Waals surface area contributed by atoms with Gasteiger partial charge in [0.25, 0.3) is 0 Å². The number of ether oxygens (including phenoxy) is 1. The van der Waals surface area contributed by atoms with E-state index in [0.717, 1.165) is 23.6 Å². The summed E-state index contributed by atoms with van der Waals surface area (Å²) in [6.45, 7) is 17.2. The van der Waals surface area contributed by atoms with Crippen LogP contribution < -0.4 is 5.19 Å². The van der Waals surface area contributed by atoms with E-state index in [1.165, 1.54) is 0 Å². The summed E-state index contributed by atoms with van der Waals surface area (Å²) in [7, 11) is -3.02. The molecule has 1 unspecified atom stereocenters. The van der Waals surface area contributed by atoms with E-state index in [9.17, 15) is 4.79 Å². The molecule has 1 fully saturated rings. The van der Waals surface area contributed by atoms with Gasteiger partial charge in [-0.25, -0.2) is 4.79 Å². The number of carbonyl (C=O) groups excluding carboxylic acids is 1. The molecule has 0 radical (unpaired) electrons. The van der Waals surface area contributed by atoms with Gasteiger partial charge in [-0.15, -0.1) is 6.58 Å². The zero-order valence-electron chi connectivity index (χ0n) is 22.1. The number of hydrogen-bond acceptors (Lipinski definition) is 4. The van der Waals surface area contributed by atoms with Crippen LogP contribution in [0.15, 0.2) is 73.3 Å². The van der Waals surface area contributed by atoms with Gasteiger partial charge in [0.15, 0.2) is 0 Å². The number of piperidine rings is 1. The molecule has 2 aromatic carbocycles. The lowest BCUT2D eigenvalue weighted by atomic mass is 9.93. The molecule has 2 aromatic rings. The van der Waals surface area contributed by atoms with Crippen molar-refractivity contribution in [2.24, 2.45) is 0 Å². The van der Waals surface area contributed by atoms with Crippen LogP contribution in [0, 0.1) is 0 Å². The number of likely N-dealkylation sites (tertiary alicyclic amines) is 1. The summed E-state index contributed by atoms with van der Waals surface area (Å²) in [5.74, 6) is 0. The maximum Gasteiger partial charge on any atom is 0.410 e. The Labute approximate surface area is 212 Å². The van der Waals surface area contributed by atoms with Crippen molar-refractivity contribution >= 4 is 19.8 Å². The van der Waals surface area contributed by atoms with Gasteiger partial charge in [0.1, 0.15) is 5.60 Å². The second-order valence-electron chi connectivity index (χ2n) is 11.2. The summed E-state index contributed by atoms with van der Waals surface area (Å²) >= 11 is 0. The monoisotopic (exact) mass is 495 g/mol. The SMILES string of the molecule is C=CCO[Si](O[C@H]1CCCN(C(=O)OC(C)(C)C)[C@H]1c1ccccc1)(c1ccccc1)C(C)(C)C. The maximum absolute atomic E-state index is 13.4. The summed E-state index contributed by atoms with van der Waals surface area (Å²) in [6, 6.07) is 20.2. The molecule has 0 aliphatic carbocycles. The molecule has 3 rings (SSSR count). The topological polar surface area (TPSA) is 48.0 Å².